The van der Waals surface area contributed by atoms with Gasteiger partial charge in [-0.2, -0.15) is 13.9 Å². The van der Waals surface area contributed by atoms with Crippen LogP contribution in [0, 0.1) is 0 Å². The number of halogens is 3. The van der Waals surface area contributed by atoms with Crippen LogP contribution in [-0.4, -0.2) is 28.2 Å². The highest BCUT2D eigenvalue weighted by Crippen LogP contribution is 2.50. The first-order valence-corrected chi connectivity index (χ1v) is 9.76. The van der Waals surface area contributed by atoms with Crippen LogP contribution in [0.15, 0.2) is 48.7 Å². The van der Waals surface area contributed by atoms with E-state index in [-0.39, 0.29) is 30.5 Å². The van der Waals surface area contributed by atoms with Crippen molar-refractivity contribution in [3.05, 3.63) is 70.4 Å². The van der Waals surface area contributed by atoms with Gasteiger partial charge in [0.25, 0.3) is 0 Å². The summed E-state index contributed by atoms with van der Waals surface area (Å²) in [6.45, 7) is -2.64. The van der Waals surface area contributed by atoms with Crippen molar-refractivity contribution < 1.29 is 23.1 Å². The zero-order chi connectivity index (χ0) is 21.8. The molecule has 1 atom stereocenters. The number of benzene rings is 2. The van der Waals surface area contributed by atoms with Crippen LogP contribution in [0.3, 0.4) is 0 Å². The Hall–Kier alpha value is -3.46. The minimum atomic E-state index is -2.90. The van der Waals surface area contributed by atoms with Crippen molar-refractivity contribution in [3.8, 4) is 5.75 Å². The highest BCUT2D eigenvalue weighted by Gasteiger charge is 2.54. The van der Waals surface area contributed by atoms with Crippen molar-refractivity contribution in [1.29, 1.82) is 0 Å². The van der Waals surface area contributed by atoms with E-state index in [1.165, 1.54) is 12.1 Å². The Balaban J connectivity index is 1.54. The summed E-state index contributed by atoms with van der Waals surface area (Å²) in [4.78, 5) is 25.7. The van der Waals surface area contributed by atoms with Gasteiger partial charge in [0.05, 0.1) is 12.7 Å². The number of amides is 2. The molecule has 0 aliphatic carbocycles. The molecule has 2 aliphatic heterocycles. The van der Waals surface area contributed by atoms with Gasteiger partial charge in [-0.3, -0.25) is 9.59 Å². The number of ether oxygens (including phenoxy) is 1. The fraction of sp³-hybridized carbons (Fsp3) is 0.190. The van der Waals surface area contributed by atoms with Gasteiger partial charge in [0.15, 0.2) is 0 Å². The minimum absolute atomic E-state index is 0.0459. The summed E-state index contributed by atoms with van der Waals surface area (Å²) in [7, 11) is 0. The lowest BCUT2D eigenvalue weighted by Gasteiger charge is -2.31. The smallest absolute Gasteiger partial charge is 0.387 e. The SMILES string of the molecule is O=C1C[C@]2(C(=O)Nc3ccc(Cl)cc32)c2cnn(Cc3ccc(OC(F)F)cc3)c2N1. The summed E-state index contributed by atoms with van der Waals surface area (Å²) in [5, 5.41) is 10.5. The van der Waals surface area contributed by atoms with Crippen molar-refractivity contribution in [2.24, 2.45) is 0 Å². The van der Waals surface area contributed by atoms with Gasteiger partial charge in [-0.25, -0.2) is 4.68 Å². The summed E-state index contributed by atoms with van der Waals surface area (Å²) in [5.41, 5.74) is 1.35. The van der Waals surface area contributed by atoms with Crippen LogP contribution >= 0.6 is 11.6 Å². The Bertz CT molecular complexity index is 1210. The Kier molecular flexibility index (Phi) is 4.44. The van der Waals surface area contributed by atoms with E-state index in [4.69, 9.17) is 11.6 Å². The molecule has 1 aromatic heterocycles. The molecule has 5 rings (SSSR count). The van der Waals surface area contributed by atoms with Gasteiger partial charge in [0.2, 0.25) is 11.8 Å². The van der Waals surface area contributed by atoms with E-state index in [1.807, 2.05) is 0 Å². The first-order chi connectivity index (χ1) is 14.9. The van der Waals surface area contributed by atoms with Crippen LogP contribution in [0.5, 0.6) is 5.75 Å². The summed E-state index contributed by atoms with van der Waals surface area (Å²) >= 11 is 6.18. The van der Waals surface area contributed by atoms with Gasteiger partial charge < -0.3 is 15.4 Å². The summed E-state index contributed by atoms with van der Waals surface area (Å²) < 4.78 is 30.6. The second kappa shape index (κ2) is 7.05. The highest BCUT2D eigenvalue weighted by atomic mass is 35.5. The standard InChI is InChI=1S/C21H15ClF2N4O3/c22-12-3-6-16-14(7-12)21(19(30)26-16)8-17(29)27-18-15(21)9-25-28(18)10-11-1-4-13(5-2-11)31-20(23)24/h1-7,9,20H,8,10H2,(H,26,30)(H,27,29)/t21-/m1/s1. The van der Waals surface area contributed by atoms with E-state index >= 15 is 0 Å². The molecule has 2 aliphatic rings. The third-order valence-electron chi connectivity index (χ3n) is 5.54. The lowest BCUT2D eigenvalue weighted by atomic mass is 9.72. The molecule has 0 saturated heterocycles. The summed E-state index contributed by atoms with van der Waals surface area (Å²) in [6, 6.07) is 11.2. The second-order valence-corrected chi connectivity index (χ2v) is 7.80. The number of hydrogen-bond donors (Lipinski definition) is 2. The third kappa shape index (κ3) is 3.12. The topological polar surface area (TPSA) is 85.2 Å². The molecular formula is C21H15ClF2N4O3. The Morgan fingerprint density at radius 1 is 1.13 bits per heavy atom. The largest absolute Gasteiger partial charge is 0.435 e. The molecule has 2 amide bonds. The average molecular weight is 445 g/mol. The van der Waals surface area contributed by atoms with E-state index < -0.39 is 12.0 Å². The first kappa shape index (κ1) is 19.5. The molecule has 1 spiro atoms. The maximum atomic E-state index is 13.1. The van der Waals surface area contributed by atoms with Gasteiger partial charge in [-0.1, -0.05) is 23.7 Å². The molecule has 2 N–H and O–H groups in total. The number of fused-ring (bicyclic) bond motifs is 4. The quantitative estimate of drug-likeness (QED) is 0.641. The maximum Gasteiger partial charge on any atom is 0.387 e. The summed E-state index contributed by atoms with van der Waals surface area (Å²) in [6.07, 6.45) is 1.50. The molecule has 158 valence electrons. The minimum Gasteiger partial charge on any atom is -0.435 e. The number of aromatic nitrogens is 2. The first-order valence-electron chi connectivity index (χ1n) is 9.38. The van der Waals surface area contributed by atoms with Crippen LogP contribution in [0.2, 0.25) is 5.02 Å². The predicted molar refractivity (Wildman–Crippen MR) is 109 cm³/mol. The Labute approximate surface area is 180 Å². The molecule has 0 saturated carbocycles. The number of rotatable bonds is 4. The van der Waals surface area contributed by atoms with E-state index in [0.717, 1.165) is 5.56 Å². The number of carbonyl (C=O) groups excluding carboxylic acids is 2. The lowest BCUT2D eigenvalue weighted by Crippen LogP contribution is -2.43. The number of nitrogens with one attached hydrogen (secondary N) is 2. The fourth-order valence-corrected chi connectivity index (χ4v) is 4.36. The van der Waals surface area contributed by atoms with Crippen LogP contribution in [-0.2, 0) is 21.5 Å². The van der Waals surface area contributed by atoms with Crippen molar-refractivity contribution in [3.63, 3.8) is 0 Å². The number of nitrogens with zero attached hydrogens (tertiary/aromatic N) is 2. The molecule has 3 aromatic rings. The van der Waals surface area contributed by atoms with Crippen LogP contribution in [0.4, 0.5) is 20.3 Å². The average Bonchev–Trinajstić information content (AvgIpc) is 3.23. The molecule has 10 heteroatoms. The van der Waals surface area contributed by atoms with Crippen molar-refractivity contribution in [1.82, 2.24) is 9.78 Å². The second-order valence-electron chi connectivity index (χ2n) is 7.36. The predicted octanol–water partition coefficient (Wildman–Crippen LogP) is 3.77. The highest BCUT2D eigenvalue weighted by molar-refractivity contribution is 6.31. The van der Waals surface area contributed by atoms with E-state index in [2.05, 4.69) is 20.5 Å². The third-order valence-corrected chi connectivity index (χ3v) is 5.78. The van der Waals surface area contributed by atoms with E-state index in [1.54, 1.807) is 41.2 Å². The van der Waals surface area contributed by atoms with Gasteiger partial charge in [-0.05, 0) is 41.5 Å². The Morgan fingerprint density at radius 3 is 2.65 bits per heavy atom. The molecular weight excluding hydrogens is 430 g/mol. The molecule has 0 fully saturated rings. The van der Waals surface area contributed by atoms with E-state index in [9.17, 15) is 18.4 Å². The molecule has 0 radical (unpaired) electrons. The number of alkyl halides is 2. The zero-order valence-corrected chi connectivity index (χ0v) is 16.6. The number of anilines is 2. The van der Waals surface area contributed by atoms with Crippen LogP contribution in [0.25, 0.3) is 0 Å². The maximum absolute atomic E-state index is 13.1. The van der Waals surface area contributed by atoms with Crippen molar-refractivity contribution >= 4 is 34.9 Å². The van der Waals surface area contributed by atoms with Crippen LogP contribution in [0.1, 0.15) is 23.1 Å². The van der Waals surface area contributed by atoms with Crippen molar-refractivity contribution in [2.45, 2.75) is 25.0 Å². The molecule has 0 bridgehead atoms. The molecule has 7 nitrogen and oxygen atoms in total. The fourth-order valence-electron chi connectivity index (χ4n) is 4.18. The Morgan fingerprint density at radius 2 is 1.90 bits per heavy atom. The van der Waals surface area contributed by atoms with Gasteiger partial charge in [-0.15, -0.1) is 0 Å². The number of hydrogen-bond acceptors (Lipinski definition) is 4. The van der Waals surface area contributed by atoms with Crippen LogP contribution < -0.4 is 15.4 Å². The lowest BCUT2D eigenvalue weighted by molar-refractivity contribution is -0.125. The normalized spacial score (nSPS) is 19.2. The molecule has 2 aromatic carbocycles. The van der Waals surface area contributed by atoms with Gasteiger partial charge >= 0.3 is 6.61 Å². The molecule has 0 unspecified atom stereocenters. The summed E-state index contributed by atoms with van der Waals surface area (Å²) in [5.74, 6) is -0.177. The van der Waals surface area contributed by atoms with Crippen molar-refractivity contribution in [2.75, 3.05) is 10.6 Å². The van der Waals surface area contributed by atoms with Gasteiger partial charge in [0, 0.05) is 22.7 Å². The monoisotopic (exact) mass is 444 g/mol. The zero-order valence-electron chi connectivity index (χ0n) is 15.9. The van der Waals surface area contributed by atoms with E-state index in [0.29, 0.717) is 27.7 Å². The molecule has 3 heterocycles. The van der Waals surface area contributed by atoms with Gasteiger partial charge in [0.1, 0.15) is 17.0 Å². The number of carbonyl (C=O) groups is 2. The molecule has 31 heavy (non-hydrogen) atoms.